The number of nitrogens with zero attached hydrogens (tertiary/aromatic N) is 2. The average molecular weight is 263 g/mol. The van der Waals surface area contributed by atoms with Crippen LogP contribution in [0.4, 0.5) is 0 Å². The second-order valence-corrected chi connectivity index (χ2v) is 5.30. The molecule has 2 unspecified atom stereocenters. The third-order valence-electron chi connectivity index (χ3n) is 3.75. The van der Waals surface area contributed by atoms with Gasteiger partial charge in [-0.25, -0.2) is 0 Å². The van der Waals surface area contributed by atoms with Crippen molar-refractivity contribution in [1.82, 2.24) is 15.5 Å². The van der Waals surface area contributed by atoms with Gasteiger partial charge in [0.1, 0.15) is 0 Å². The zero-order chi connectivity index (χ0) is 13.7. The molecule has 2 rings (SSSR count). The summed E-state index contributed by atoms with van der Waals surface area (Å²) in [6, 6.07) is 2.55. The summed E-state index contributed by atoms with van der Waals surface area (Å²) in [6.45, 7) is 9.13. The smallest absolute Gasteiger partial charge is 0.0676 e. The highest BCUT2D eigenvalue weighted by Crippen LogP contribution is 2.30. The second kappa shape index (κ2) is 6.96. The van der Waals surface area contributed by atoms with Gasteiger partial charge in [0.15, 0.2) is 0 Å². The quantitative estimate of drug-likeness (QED) is 0.856. The molecular weight excluding hydrogens is 238 g/mol. The van der Waals surface area contributed by atoms with E-state index in [0.29, 0.717) is 12.0 Å². The summed E-state index contributed by atoms with van der Waals surface area (Å²) in [5.41, 5.74) is 3.43. The fourth-order valence-electron chi connectivity index (χ4n) is 2.72. The van der Waals surface area contributed by atoms with Crippen LogP contribution in [0, 0.1) is 12.8 Å². The Balaban J connectivity index is 2.27. The Hall–Kier alpha value is -1.00. The molecule has 4 heteroatoms. The van der Waals surface area contributed by atoms with E-state index in [1.807, 2.05) is 6.92 Å². The molecule has 106 valence electrons. The van der Waals surface area contributed by atoms with Gasteiger partial charge in [0.05, 0.1) is 18.0 Å². The summed E-state index contributed by atoms with van der Waals surface area (Å²) < 4.78 is 5.57. The Morgan fingerprint density at radius 1 is 1.42 bits per heavy atom. The largest absolute Gasteiger partial charge is 0.381 e. The van der Waals surface area contributed by atoms with E-state index in [9.17, 15) is 0 Å². The van der Waals surface area contributed by atoms with Crippen molar-refractivity contribution < 1.29 is 4.74 Å². The summed E-state index contributed by atoms with van der Waals surface area (Å²) in [5.74, 6) is 0.556. The summed E-state index contributed by atoms with van der Waals surface area (Å²) in [5, 5.41) is 12.2. The van der Waals surface area contributed by atoms with Gasteiger partial charge in [-0.05, 0) is 44.4 Å². The first-order valence-corrected chi connectivity index (χ1v) is 7.40. The molecular formula is C15H25N3O. The second-order valence-electron chi connectivity index (χ2n) is 5.30. The van der Waals surface area contributed by atoms with E-state index in [4.69, 9.17) is 4.74 Å². The van der Waals surface area contributed by atoms with E-state index in [1.165, 1.54) is 5.56 Å². The lowest BCUT2D eigenvalue weighted by atomic mass is 9.90. The SMILES string of the molecule is CCCNC(c1cc(C)nnc1CC)C1CCOC1. The number of aromatic nitrogens is 2. The van der Waals surface area contributed by atoms with Crippen LogP contribution in [0.25, 0.3) is 0 Å². The lowest BCUT2D eigenvalue weighted by Gasteiger charge is -2.25. The van der Waals surface area contributed by atoms with E-state index < -0.39 is 0 Å². The molecule has 0 aliphatic carbocycles. The van der Waals surface area contributed by atoms with Gasteiger partial charge in [-0.2, -0.15) is 10.2 Å². The predicted molar refractivity (Wildman–Crippen MR) is 76.1 cm³/mol. The molecule has 0 bridgehead atoms. The average Bonchev–Trinajstić information content (AvgIpc) is 2.93. The molecule has 1 aromatic heterocycles. The van der Waals surface area contributed by atoms with Gasteiger partial charge in [0.2, 0.25) is 0 Å². The molecule has 1 aliphatic rings. The summed E-state index contributed by atoms with van der Waals surface area (Å²) in [6.07, 6.45) is 3.20. The molecule has 1 saturated heterocycles. The Bertz CT molecular complexity index is 402. The first-order valence-electron chi connectivity index (χ1n) is 7.40. The maximum Gasteiger partial charge on any atom is 0.0676 e. The van der Waals surface area contributed by atoms with Crippen molar-refractivity contribution in [3.05, 3.63) is 23.0 Å². The third kappa shape index (κ3) is 3.51. The van der Waals surface area contributed by atoms with Crippen molar-refractivity contribution in [2.24, 2.45) is 5.92 Å². The van der Waals surface area contributed by atoms with Crippen LogP contribution in [-0.4, -0.2) is 30.0 Å². The van der Waals surface area contributed by atoms with Gasteiger partial charge >= 0.3 is 0 Å². The Kier molecular flexibility index (Phi) is 5.28. The predicted octanol–water partition coefficient (Wildman–Crippen LogP) is 2.42. The van der Waals surface area contributed by atoms with Gasteiger partial charge in [-0.3, -0.25) is 0 Å². The van der Waals surface area contributed by atoms with Crippen LogP contribution in [0.3, 0.4) is 0 Å². The zero-order valence-electron chi connectivity index (χ0n) is 12.3. The maximum atomic E-state index is 5.57. The maximum absolute atomic E-state index is 5.57. The Morgan fingerprint density at radius 2 is 2.26 bits per heavy atom. The normalized spacial score (nSPS) is 20.7. The molecule has 2 atom stereocenters. The zero-order valence-corrected chi connectivity index (χ0v) is 12.3. The highest BCUT2D eigenvalue weighted by molar-refractivity contribution is 5.26. The lowest BCUT2D eigenvalue weighted by molar-refractivity contribution is 0.176. The number of hydrogen-bond donors (Lipinski definition) is 1. The van der Waals surface area contributed by atoms with Crippen molar-refractivity contribution >= 4 is 0 Å². The van der Waals surface area contributed by atoms with E-state index in [0.717, 1.165) is 50.4 Å². The Morgan fingerprint density at radius 3 is 2.89 bits per heavy atom. The summed E-state index contributed by atoms with van der Waals surface area (Å²) in [4.78, 5) is 0. The van der Waals surface area contributed by atoms with Crippen molar-refractivity contribution in [3.8, 4) is 0 Å². The minimum atomic E-state index is 0.353. The first kappa shape index (κ1) is 14.4. The van der Waals surface area contributed by atoms with Crippen molar-refractivity contribution in [3.63, 3.8) is 0 Å². The molecule has 1 fully saturated rings. The van der Waals surface area contributed by atoms with Crippen molar-refractivity contribution in [2.45, 2.75) is 46.1 Å². The standard InChI is InChI=1S/C15H25N3O/c1-4-7-16-15(12-6-8-19-10-12)13-9-11(3)17-18-14(13)5-2/h9,12,15-16H,4-8,10H2,1-3H3. The minimum Gasteiger partial charge on any atom is -0.381 e. The number of hydrogen-bond acceptors (Lipinski definition) is 4. The number of nitrogens with one attached hydrogen (secondary N) is 1. The fourth-order valence-corrected chi connectivity index (χ4v) is 2.72. The van der Waals surface area contributed by atoms with Crippen molar-refractivity contribution in [1.29, 1.82) is 0 Å². The molecule has 1 N–H and O–H groups in total. The van der Waals surface area contributed by atoms with Crippen LogP contribution >= 0.6 is 0 Å². The minimum absolute atomic E-state index is 0.353. The van der Waals surface area contributed by atoms with Crippen LogP contribution in [-0.2, 0) is 11.2 Å². The van der Waals surface area contributed by atoms with E-state index in [-0.39, 0.29) is 0 Å². The Labute approximate surface area is 116 Å². The lowest BCUT2D eigenvalue weighted by Crippen LogP contribution is -2.30. The number of rotatable bonds is 6. The molecule has 0 saturated carbocycles. The highest BCUT2D eigenvalue weighted by atomic mass is 16.5. The summed E-state index contributed by atoms with van der Waals surface area (Å²) in [7, 11) is 0. The van der Waals surface area contributed by atoms with E-state index in [1.54, 1.807) is 0 Å². The molecule has 0 spiro atoms. The van der Waals surface area contributed by atoms with Crippen molar-refractivity contribution in [2.75, 3.05) is 19.8 Å². The van der Waals surface area contributed by atoms with E-state index >= 15 is 0 Å². The molecule has 0 amide bonds. The van der Waals surface area contributed by atoms with Gasteiger partial charge in [-0.15, -0.1) is 0 Å². The first-order chi connectivity index (χ1) is 9.26. The fraction of sp³-hybridized carbons (Fsp3) is 0.733. The molecule has 4 nitrogen and oxygen atoms in total. The van der Waals surface area contributed by atoms with Crippen LogP contribution < -0.4 is 5.32 Å². The molecule has 0 aromatic carbocycles. The molecule has 19 heavy (non-hydrogen) atoms. The van der Waals surface area contributed by atoms with Crippen LogP contribution in [0.1, 0.15) is 49.7 Å². The molecule has 1 aromatic rings. The third-order valence-corrected chi connectivity index (χ3v) is 3.75. The molecule has 0 radical (unpaired) electrons. The topological polar surface area (TPSA) is 47.0 Å². The number of ether oxygens (including phenoxy) is 1. The van der Waals surface area contributed by atoms with Crippen LogP contribution in [0.15, 0.2) is 6.07 Å². The van der Waals surface area contributed by atoms with Gasteiger partial charge in [0.25, 0.3) is 0 Å². The number of aryl methyl sites for hydroxylation is 2. The van der Waals surface area contributed by atoms with Gasteiger partial charge < -0.3 is 10.1 Å². The molecule has 1 aliphatic heterocycles. The van der Waals surface area contributed by atoms with Crippen LogP contribution in [0.2, 0.25) is 0 Å². The molecule has 2 heterocycles. The highest BCUT2D eigenvalue weighted by Gasteiger charge is 2.28. The van der Waals surface area contributed by atoms with Gasteiger partial charge in [-0.1, -0.05) is 13.8 Å². The van der Waals surface area contributed by atoms with E-state index in [2.05, 4.69) is 35.4 Å². The monoisotopic (exact) mass is 263 g/mol. The van der Waals surface area contributed by atoms with Crippen LogP contribution in [0.5, 0.6) is 0 Å². The summed E-state index contributed by atoms with van der Waals surface area (Å²) >= 11 is 0. The van der Waals surface area contributed by atoms with Gasteiger partial charge in [0, 0.05) is 18.6 Å².